The molecule has 90 valence electrons. The van der Waals surface area contributed by atoms with Crippen LogP contribution in [0.3, 0.4) is 0 Å². The summed E-state index contributed by atoms with van der Waals surface area (Å²) in [5.74, 6) is -0.578. The van der Waals surface area contributed by atoms with Crippen LogP contribution in [0.5, 0.6) is 0 Å². The van der Waals surface area contributed by atoms with Crippen LogP contribution in [-0.4, -0.2) is 24.1 Å². The Morgan fingerprint density at radius 3 is 2.27 bits per heavy atom. The number of rotatable bonds is 6. The lowest BCUT2D eigenvalue weighted by Gasteiger charge is -1.99. The third-order valence-corrected chi connectivity index (χ3v) is 1.67. The van der Waals surface area contributed by atoms with Crippen molar-refractivity contribution in [1.29, 1.82) is 0 Å². The smallest absolute Gasteiger partial charge is 0.330 e. The zero-order chi connectivity index (χ0) is 12.1. The second-order valence-corrected chi connectivity index (χ2v) is 3.31. The number of carbonyl (C=O) groups excluding carboxylic acids is 1. The minimum absolute atomic E-state index is 0.0399. The second-order valence-electron chi connectivity index (χ2n) is 2.49. The van der Waals surface area contributed by atoms with E-state index >= 15 is 0 Å². The largest absolute Gasteiger partial charge is 0.460 e. The Balaban J connectivity index is 0. The molecule has 0 aliphatic carbocycles. The Morgan fingerprint density at radius 1 is 1.40 bits per heavy atom. The first-order valence-corrected chi connectivity index (χ1v) is 5.99. The van der Waals surface area contributed by atoms with Crippen molar-refractivity contribution in [3.05, 3.63) is 12.7 Å². The third kappa shape index (κ3) is 19.7. The van der Waals surface area contributed by atoms with Gasteiger partial charge >= 0.3 is 14.2 Å². The van der Waals surface area contributed by atoms with Gasteiger partial charge in [0.05, 0.1) is 6.61 Å². The average Bonchev–Trinajstić information content (AvgIpc) is 2.24. The molecule has 1 unspecified atom stereocenters. The van der Waals surface area contributed by atoms with Gasteiger partial charge in [0.15, 0.2) is 0 Å². The van der Waals surface area contributed by atoms with Gasteiger partial charge in [-0.15, -0.1) is 0 Å². The summed E-state index contributed by atoms with van der Waals surface area (Å²) in [5, 5.41) is 0. The van der Waals surface area contributed by atoms with Crippen LogP contribution in [-0.2, 0) is 18.6 Å². The minimum atomic E-state index is -2.91. The highest BCUT2D eigenvalue weighted by Crippen LogP contribution is 2.12. The number of hydrogen-bond acceptors (Lipinski definition) is 4. The molecule has 0 rings (SSSR count). The molecule has 0 aromatic heterocycles. The van der Waals surface area contributed by atoms with Crippen molar-refractivity contribution in [3.63, 3.8) is 0 Å². The van der Waals surface area contributed by atoms with Crippen LogP contribution in [0.2, 0.25) is 0 Å². The molecule has 0 amide bonds. The second kappa shape index (κ2) is 13.4. The van der Waals surface area contributed by atoms with Crippen molar-refractivity contribution >= 4 is 14.2 Å². The van der Waals surface area contributed by atoms with Gasteiger partial charge in [-0.05, 0) is 0 Å². The van der Waals surface area contributed by atoms with Crippen LogP contribution in [0, 0.1) is 0 Å². The van der Waals surface area contributed by atoms with Gasteiger partial charge in [-0.1, -0.05) is 33.3 Å². The van der Waals surface area contributed by atoms with Crippen molar-refractivity contribution < 1.29 is 23.5 Å². The van der Waals surface area contributed by atoms with E-state index in [0.717, 1.165) is 6.08 Å². The van der Waals surface area contributed by atoms with Crippen molar-refractivity contribution in [3.8, 4) is 0 Å². The molecule has 0 spiro atoms. The SMILES string of the molecule is C=CC(=O)OCCO[PH](=O)O.CCCC. The zero-order valence-corrected chi connectivity index (χ0v) is 10.2. The van der Waals surface area contributed by atoms with Crippen molar-refractivity contribution in [2.24, 2.45) is 0 Å². The van der Waals surface area contributed by atoms with Gasteiger partial charge in [-0.2, -0.15) is 0 Å². The lowest BCUT2D eigenvalue weighted by Crippen LogP contribution is -2.05. The maximum Gasteiger partial charge on any atom is 0.330 e. The van der Waals surface area contributed by atoms with E-state index in [0.29, 0.717) is 0 Å². The quantitative estimate of drug-likeness (QED) is 0.331. The molecule has 0 aromatic rings. The molecule has 1 N–H and O–H groups in total. The van der Waals surface area contributed by atoms with E-state index in [1.165, 1.54) is 12.8 Å². The molecule has 5 nitrogen and oxygen atoms in total. The maximum absolute atomic E-state index is 10.3. The zero-order valence-electron chi connectivity index (χ0n) is 9.19. The fraction of sp³-hybridized carbons (Fsp3) is 0.667. The molecule has 0 saturated carbocycles. The Labute approximate surface area is 91.0 Å². The summed E-state index contributed by atoms with van der Waals surface area (Å²) < 4.78 is 18.6. The molecule has 0 heterocycles. The Bertz CT molecular complexity index is 191. The molecule has 0 aliphatic rings. The molecule has 0 aliphatic heterocycles. The summed E-state index contributed by atoms with van der Waals surface area (Å²) >= 11 is 0. The summed E-state index contributed by atoms with van der Waals surface area (Å²) in [6, 6.07) is 0. The molecule has 1 atom stereocenters. The van der Waals surface area contributed by atoms with Gasteiger partial charge in [0.1, 0.15) is 6.61 Å². The van der Waals surface area contributed by atoms with Gasteiger partial charge in [0, 0.05) is 6.08 Å². The van der Waals surface area contributed by atoms with Crippen LogP contribution in [0.25, 0.3) is 0 Å². The number of hydrogen-bond donors (Lipinski definition) is 1. The van der Waals surface area contributed by atoms with E-state index in [2.05, 4.69) is 29.7 Å². The lowest BCUT2D eigenvalue weighted by molar-refractivity contribution is -0.138. The van der Waals surface area contributed by atoms with E-state index in [9.17, 15) is 9.36 Å². The normalized spacial score (nSPS) is 10.9. The van der Waals surface area contributed by atoms with Crippen LogP contribution in [0.1, 0.15) is 26.7 Å². The summed E-state index contributed by atoms with van der Waals surface area (Å²) in [4.78, 5) is 18.5. The van der Waals surface area contributed by atoms with E-state index < -0.39 is 14.2 Å². The fourth-order valence-corrected chi connectivity index (χ4v) is 0.588. The minimum Gasteiger partial charge on any atom is -0.460 e. The molecular weight excluding hydrogens is 219 g/mol. The van der Waals surface area contributed by atoms with Gasteiger partial charge in [0.25, 0.3) is 0 Å². The van der Waals surface area contributed by atoms with Crippen LogP contribution >= 0.6 is 8.25 Å². The highest BCUT2D eigenvalue weighted by Gasteiger charge is 1.95. The van der Waals surface area contributed by atoms with Gasteiger partial charge in [-0.25, -0.2) is 4.79 Å². The summed E-state index contributed by atoms with van der Waals surface area (Å²) in [5.41, 5.74) is 0. The number of ether oxygens (including phenoxy) is 1. The highest BCUT2D eigenvalue weighted by atomic mass is 31.1. The molecule has 0 saturated heterocycles. The van der Waals surface area contributed by atoms with E-state index in [4.69, 9.17) is 4.89 Å². The van der Waals surface area contributed by atoms with Crippen LogP contribution < -0.4 is 0 Å². The van der Waals surface area contributed by atoms with E-state index in [-0.39, 0.29) is 13.2 Å². The maximum atomic E-state index is 10.3. The van der Waals surface area contributed by atoms with Crippen molar-refractivity contribution in [2.75, 3.05) is 13.2 Å². The molecule has 0 radical (unpaired) electrons. The first-order chi connectivity index (χ1) is 7.08. The summed E-state index contributed by atoms with van der Waals surface area (Å²) in [7, 11) is -2.91. The summed E-state index contributed by atoms with van der Waals surface area (Å²) in [6.07, 6.45) is 3.64. The molecule has 0 bridgehead atoms. The first kappa shape index (κ1) is 16.8. The average molecular weight is 238 g/mol. The predicted octanol–water partition coefficient (Wildman–Crippen LogP) is 1.92. The van der Waals surface area contributed by atoms with Crippen LogP contribution in [0.15, 0.2) is 12.7 Å². The Morgan fingerprint density at radius 2 is 1.93 bits per heavy atom. The highest BCUT2D eigenvalue weighted by molar-refractivity contribution is 7.32. The van der Waals surface area contributed by atoms with Gasteiger partial charge < -0.3 is 14.2 Å². The Kier molecular flexibility index (Phi) is 14.9. The van der Waals surface area contributed by atoms with Gasteiger partial charge in [0.2, 0.25) is 0 Å². The van der Waals surface area contributed by atoms with E-state index in [1.54, 1.807) is 0 Å². The monoisotopic (exact) mass is 238 g/mol. The number of unbranched alkanes of at least 4 members (excludes halogenated alkanes) is 1. The van der Waals surface area contributed by atoms with Crippen LogP contribution in [0.4, 0.5) is 0 Å². The molecule has 15 heavy (non-hydrogen) atoms. The van der Waals surface area contributed by atoms with Crippen molar-refractivity contribution in [2.45, 2.75) is 26.7 Å². The Hall–Kier alpha value is -0.640. The van der Waals surface area contributed by atoms with Crippen molar-refractivity contribution in [1.82, 2.24) is 0 Å². The molecule has 0 aromatic carbocycles. The fourth-order valence-electron chi connectivity index (χ4n) is 0.330. The molecule has 0 fully saturated rings. The third-order valence-electron chi connectivity index (χ3n) is 1.22. The number of carbonyl (C=O) groups is 1. The standard InChI is InChI=1S/C5H9O5P.C4H10/c1-2-5(6)9-3-4-10-11(7)8;1-3-4-2/h2,11H,1,3-4H2,(H,7,8);3-4H2,1-2H3. The summed E-state index contributed by atoms with van der Waals surface area (Å²) in [6.45, 7) is 7.40. The first-order valence-electron chi connectivity index (χ1n) is 4.73. The predicted molar refractivity (Wildman–Crippen MR) is 58.9 cm³/mol. The van der Waals surface area contributed by atoms with Gasteiger partial charge in [-0.3, -0.25) is 4.57 Å². The topological polar surface area (TPSA) is 72.8 Å². The molecule has 6 heteroatoms. The van der Waals surface area contributed by atoms with E-state index in [1.807, 2.05) is 0 Å². The lowest BCUT2D eigenvalue weighted by atomic mass is 10.4. The molecular formula is C9H19O5P. The number of esters is 1.